The molecule has 2 rings (SSSR count). The quantitative estimate of drug-likeness (QED) is 0.581. The summed E-state index contributed by atoms with van der Waals surface area (Å²) in [7, 11) is 0. The second-order valence-corrected chi connectivity index (χ2v) is 5.14. The first-order valence-corrected chi connectivity index (χ1v) is 6.79. The van der Waals surface area contributed by atoms with E-state index in [4.69, 9.17) is 11.6 Å². The van der Waals surface area contributed by atoms with Gasteiger partial charge in [0.1, 0.15) is 5.15 Å². The highest BCUT2D eigenvalue weighted by Crippen LogP contribution is 2.31. The maximum atomic E-state index is 13.5. The number of halogens is 4. The van der Waals surface area contributed by atoms with Gasteiger partial charge in [0.2, 0.25) is 0 Å². The summed E-state index contributed by atoms with van der Waals surface area (Å²) in [5.74, 6) is -1.61. The highest BCUT2D eigenvalue weighted by atomic mass is 79.9. The van der Waals surface area contributed by atoms with E-state index in [9.17, 15) is 8.78 Å². The van der Waals surface area contributed by atoms with E-state index < -0.39 is 11.6 Å². The Bertz CT molecular complexity index is 647. The van der Waals surface area contributed by atoms with Crippen molar-refractivity contribution >= 4 is 27.5 Å². The molecule has 2 aromatic rings. The maximum Gasteiger partial charge on any atom is 0.173 e. The normalized spacial score (nSPS) is 10.8. The molecule has 100 valence electrons. The van der Waals surface area contributed by atoms with Crippen molar-refractivity contribution in [1.29, 1.82) is 0 Å². The molecule has 0 aliphatic rings. The number of hydrogen-bond donors (Lipinski definition) is 0. The molecule has 0 spiro atoms. The first kappa shape index (κ1) is 14.3. The van der Waals surface area contributed by atoms with Crippen molar-refractivity contribution < 1.29 is 8.78 Å². The predicted octanol–water partition coefficient (Wildman–Crippen LogP) is 4.71. The largest absolute Gasteiger partial charge is 0.233 e. The summed E-state index contributed by atoms with van der Waals surface area (Å²) in [5, 5.41) is 0.318. The van der Waals surface area contributed by atoms with Crippen molar-refractivity contribution in [2.24, 2.45) is 0 Å². The third-order valence-electron chi connectivity index (χ3n) is 2.80. The fourth-order valence-electron chi connectivity index (χ4n) is 1.70. The second kappa shape index (κ2) is 5.51. The van der Waals surface area contributed by atoms with E-state index in [-0.39, 0.29) is 10.3 Å². The fourth-order valence-corrected chi connectivity index (χ4v) is 2.38. The topological polar surface area (TPSA) is 25.8 Å². The molecule has 1 aromatic heterocycles. The summed E-state index contributed by atoms with van der Waals surface area (Å²) in [6.45, 7) is 3.76. The van der Waals surface area contributed by atoms with E-state index in [0.717, 1.165) is 17.3 Å². The zero-order chi connectivity index (χ0) is 14.2. The lowest BCUT2D eigenvalue weighted by Gasteiger charge is -2.09. The molecule has 0 bridgehead atoms. The van der Waals surface area contributed by atoms with Gasteiger partial charge in [-0.2, -0.15) is 0 Å². The minimum atomic E-state index is -0.962. The molecule has 0 N–H and O–H groups in total. The van der Waals surface area contributed by atoms with E-state index in [0.29, 0.717) is 17.1 Å². The van der Waals surface area contributed by atoms with Crippen LogP contribution in [0.25, 0.3) is 11.4 Å². The molecule has 0 fully saturated rings. The van der Waals surface area contributed by atoms with E-state index in [1.807, 2.05) is 13.8 Å². The van der Waals surface area contributed by atoms with Crippen molar-refractivity contribution in [3.63, 3.8) is 0 Å². The van der Waals surface area contributed by atoms with E-state index in [1.165, 1.54) is 6.07 Å². The van der Waals surface area contributed by atoms with Crippen LogP contribution in [0.15, 0.2) is 16.6 Å². The van der Waals surface area contributed by atoms with Gasteiger partial charge in [-0.15, -0.1) is 0 Å². The van der Waals surface area contributed by atoms with E-state index in [1.54, 1.807) is 0 Å². The monoisotopic (exact) mass is 346 g/mol. The average Bonchev–Trinajstić information content (AvgIpc) is 2.39. The highest BCUT2D eigenvalue weighted by Gasteiger charge is 2.16. The van der Waals surface area contributed by atoms with Gasteiger partial charge in [-0.05, 0) is 41.4 Å². The van der Waals surface area contributed by atoms with Gasteiger partial charge in [0.25, 0.3) is 0 Å². The highest BCUT2D eigenvalue weighted by molar-refractivity contribution is 9.10. The van der Waals surface area contributed by atoms with Crippen LogP contribution in [0.4, 0.5) is 8.78 Å². The molecule has 1 aromatic carbocycles. The zero-order valence-corrected chi connectivity index (χ0v) is 12.6. The molecule has 0 aliphatic carbocycles. The Labute approximate surface area is 123 Å². The van der Waals surface area contributed by atoms with Gasteiger partial charge < -0.3 is 0 Å². The molecule has 0 unspecified atom stereocenters. The van der Waals surface area contributed by atoms with Gasteiger partial charge in [-0.3, -0.25) is 0 Å². The molecular weight excluding hydrogens is 338 g/mol. The molecule has 0 aliphatic heterocycles. The summed E-state index contributed by atoms with van der Waals surface area (Å²) in [4.78, 5) is 8.46. The molecule has 19 heavy (non-hydrogen) atoms. The summed E-state index contributed by atoms with van der Waals surface area (Å²) < 4.78 is 26.6. The van der Waals surface area contributed by atoms with Crippen LogP contribution < -0.4 is 0 Å². The Hall–Kier alpha value is -1.07. The molecule has 0 atom stereocenters. The summed E-state index contributed by atoms with van der Waals surface area (Å²) in [6.07, 6.45) is 0.683. The number of aromatic nitrogens is 2. The smallest absolute Gasteiger partial charge is 0.173 e. The fraction of sp³-hybridized carbons (Fsp3) is 0.231. The summed E-state index contributed by atoms with van der Waals surface area (Å²) >= 11 is 9.06. The first-order valence-electron chi connectivity index (χ1n) is 5.62. The van der Waals surface area contributed by atoms with Gasteiger partial charge in [-0.1, -0.05) is 18.5 Å². The van der Waals surface area contributed by atoms with Crippen LogP contribution >= 0.6 is 27.5 Å². The maximum absolute atomic E-state index is 13.5. The average molecular weight is 348 g/mol. The van der Waals surface area contributed by atoms with Crippen molar-refractivity contribution in [3.05, 3.63) is 44.7 Å². The summed E-state index contributed by atoms with van der Waals surface area (Å²) in [6, 6.07) is 2.46. The first-order chi connectivity index (χ1) is 8.95. The third kappa shape index (κ3) is 2.62. The van der Waals surface area contributed by atoms with Crippen LogP contribution in [0.1, 0.15) is 18.2 Å². The third-order valence-corrected chi connectivity index (χ3v) is 3.94. The summed E-state index contributed by atoms with van der Waals surface area (Å²) in [5.41, 5.74) is 1.95. The van der Waals surface area contributed by atoms with Crippen LogP contribution in [0.5, 0.6) is 0 Å². The van der Waals surface area contributed by atoms with Crippen molar-refractivity contribution in [2.45, 2.75) is 20.3 Å². The molecule has 2 nitrogen and oxygen atoms in total. The van der Waals surface area contributed by atoms with E-state index >= 15 is 0 Å². The van der Waals surface area contributed by atoms with Crippen molar-refractivity contribution in [1.82, 2.24) is 9.97 Å². The molecule has 0 amide bonds. The number of benzene rings is 1. The molecule has 1 heterocycles. The number of hydrogen-bond acceptors (Lipinski definition) is 2. The van der Waals surface area contributed by atoms with Crippen LogP contribution in [-0.2, 0) is 6.42 Å². The molecule has 6 heteroatoms. The lowest BCUT2D eigenvalue weighted by molar-refractivity contribution is 0.504. The Morgan fingerprint density at radius 2 is 1.95 bits per heavy atom. The lowest BCUT2D eigenvalue weighted by Crippen LogP contribution is -2.01. The minimum absolute atomic E-state index is 0.00512. The van der Waals surface area contributed by atoms with Gasteiger partial charge in [0, 0.05) is 16.8 Å². The second-order valence-electron chi connectivity index (χ2n) is 3.99. The van der Waals surface area contributed by atoms with Gasteiger partial charge in [0.15, 0.2) is 17.5 Å². The molecular formula is C13H10BrClF2N2. The molecule has 0 saturated carbocycles. The van der Waals surface area contributed by atoms with Gasteiger partial charge in [0.05, 0.1) is 4.47 Å². The van der Waals surface area contributed by atoms with E-state index in [2.05, 4.69) is 25.9 Å². The Morgan fingerprint density at radius 3 is 2.58 bits per heavy atom. The van der Waals surface area contributed by atoms with Crippen LogP contribution in [0, 0.1) is 18.6 Å². The Kier molecular flexibility index (Phi) is 4.16. The van der Waals surface area contributed by atoms with Crippen molar-refractivity contribution in [3.8, 4) is 11.4 Å². The Balaban J connectivity index is 2.66. The SMILES string of the molecule is CCc1nc(-c2ccc(F)c(F)c2Br)nc(Cl)c1C. The number of aryl methyl sites for hydroxylation is 1. The number of nitrogens with zero attached hydrogens (tertiary/aromatic N) is 2. The minimum Gasteiger partial charge on any atom is -0.233 e. The van der Waals surface area contributed by atoms with Crippen molar-refractivity contribution in [2.75, 3.05) is 0 Å². The van der Waals surface area contributed by atoms with Crippen LogP contribution in [0.2, 0.25) is 5.15 Å². The van der Waals surface area contributed by atoms with Crippen LogP contribution in [-0.4, -0.2) is 9.97 Å². The zero-order valence-electron chi connectivity index (χ0n) is 10.3. The van der Waals surface area contributed by atoms with Gasteiger partial charge >= 0.3 is 0 Å². The predicted molar refractivity (Wildman–Crippen MR) is 74.2 cm³/mol. The Morgan fingerprint density at radius 1 is 1.26 bits per heavy atom. The molecule has 0 saturated heterocycles. The van der Waals surface area contributed by atoms with Gasteiger partial charge in [-0.25, -0.2) is 18.7 Å². The molecule has 0 radical (unpaired) electrons. The lowest BCUT2D eigenvalue weighted by atomic mass is 10.1. The van der Waals surface area contributed by atoms with Crippen LogP contribution in [0.3, 0.4) is 0 Å². The standard InChI is InChI=1S/C13H10BrClF2N2/c1-3-9-6(2)12(15)19-13(18-9)7-4-5-8(16)11(17)10(7)14/h4-5H,3H2,1-2H3. The number of rotatable bonds is 2.